The van der Waals surface area contributed by atoms with E-state index in [1.165, 1.54) is 25.1 Å². The van der Waals surface area contributed by atoms with Gasteiger partial charge in [0.25, 0.3) is 0 Å². The van der Waals surface area contributed by atoms with Gasteiger partial charge in [-0.2, -0.15) is 0 Å². The molecule has 0 bridgehead atoms. The van der Waals surface area contributed by atoms with Gasteiger partial charge < -0.3 is 10.1 Å². The maximum absolute atomic E-state index is 12.6. The van der Waals surface area contributed by atoms with Crippen LogP contribution in [0.4, 0.5) is 5.69 Å². The number of ether oxygens (including phenoxy) is 1. The number of amides is 1. The predicted octanol–water partition coefficient (Wildman–Crippen LogP) is 3.96. The molecular weight excluding hydrogens is 435 g/mol. The van der Waals surface area contributed by atoms with E-state index in [0.29, 0.717) is 0 Å². The first-order chi connectivity index (χ1) is 13.5. The highest BCUT2D eigenvalue weighted by Gasteiger charge is 2.29. The molecule has 0 saturated heterocycles. The molecule has 0 fully saturated rings. The van der Waals surface area contributed by atoms with Gasteiger partial charge in [0.2, 0.25) is 15.9 Å². The number of nitrogens with zero attached hydrogens (tertiary/aromatic N) is 1. The summed E-state index contributed by atoms with van der Waals surface area (Å²) >= 11 is 12.0. The maximum atomic E-state index is 12.6. The SMILES string of the molecule is Cc1ccc(C)c(OCCNC(=O)[C@H](C)N(c2cc(Cl)cc(Cl)c2)S(C)(=O)=O)c1. The Hall–Kier alpha value is -1.96. The van der Waals surface area contributed by atoms with Gasteiger partial charge in [-0.3, -0.25) is 9.10 Å². The fraction of sp³-hybridized carbons (Fsp3) is 0.350. The first-order valence-electron chi connectivity index (χ1n) is 8.92. The smallest absolute Gasteiger partial charge is 0.243 e. The summed E-state index contributed by atoms with van der Waals surface area (Å²) in [6, 6.07) is 9.26. The lowest BCUT2D eigenvalue weighted by Crippen LogP contribution is -2.48. The van der Waals surface area contributed by atoms with E-state index in [-0.39, 0.29) is 28.9 Å². The quantitative estimate of drug-likeness (QED) is 0.607. The number of sulfonamides is 1. The average Bonchev–Trinajstić information content (AvgIpc) is 2.59. The van der Waals surface area contributed by atoms with Crippen LogP contribution >= 0.6 is 23.2 Å². The molecule has 29 heavy (non-hydrogen) atoms. The van der Waals surface area contributed by atoms with Crippen molar-refractivity contribution in [1.29, 1.82) is 0 Å². The van der Waals surface area contributed by atoms with E-state index < -0.39 is 22.0 Å². The van der Waals surface area contributed by atoms with Crippen molar-refractivity contribution in [2.24, 2.45) is 0 Å². The number of hydrogen-bond donors (Lipinski definition) is 1. The van der Waals surface area contributed by atoms with Crippen LogP contribution in [0.2, 0.25) is 10.0 Å². The standard InChI is InChI=1S/C20H24Cl2N2O4S/c1-13-5-6-14(2)19(9-13)28-8-7-23-20(25)15(3)24(29(4,26)27)18-11-16(21)10-17(22)12-18/h5-6,9-12,15H,7-8H2,1-4H3,(H,23,25)/t15-/m0/s1. The second kappa shape index (κ2) is 9.69. The average molecular weight is 459 g/mol. The van der Waals surface area contributed by atoms with Gasteiger partial charge in [-0.1, -0.05) is 35.3 Å². The Balaban J connectivity index is 2.05. The zero-order valence-corrected chi connectivity index (χ0v) is 19.0. The van der Waals surface area contributed by atoms with Crippen molar-refractivity contribution in [3.05, 3.63) is 57.6 Å². The summed E-state index contributed by atoms with van der Waals surface area (Å²) < 4.78 is 31.3. The highest BCUT2D eigenvalue weighted by atomic mass is 35.5. The Morgan fingerprint density at radius 2 is 1.76 bits per heavy atom. The molecule has 1 atom stereocenters. The summed E-state index contributed by atoms with van der Waals surface area (Å²) in [5.74, 6) is 0.287. The molecule has 0 aliphatic heterocycles. The molecule has 0 spiro atoms. The van der Waals surface area contributed by atoms with E-state index in [2.05, 4.69) is 5.32 Å². The Labute approximate surface area is 181 Å². The Bertz CT molecular complexity index is 976. The van der Waals surface area contributed by atoms with Gasteiger partial charge in [-0.25, -0.2) is 8.42 Å². The second-order valence-electron chi connectivity index (χ2n) is 6.77. The van der Waals surface area contributed by atoms with E-state index in [9.17, 15) is 13.2 Å². The molecule has 0 heterocycles. The summed E-state index contributed by atoms with van der Waals surface area (Å²) in [4.78, 5) is 12.6. The van der Waals surface area contributed by atoms with Crippen LogP contribution in [-0.2, 0) is 14.8 Å². The lowest BCUT2D eigenvalue weighted by atomic mass is 10.1. The fourth-order valence-electron chi connectivity index (χ4n) is 2.82. The number of halogens is 2. The summed E-state index contributed by atoms with van der Waals surface area (Å²) in [6.45, 7) is 5.89. The number of benzene rings is 2. The minimum Gasteiger partial charge on any atom is -0.491 e. The molecule has 0 aliphatic carbocycles. The largest absolute Gasteiger partial charge is 0.491 e. The van der Waals surface area contributed by atoms with Crippen molar-refractivity contribution in [2.45, 2.75) is 26.8 Å². The van der Waals surface area contributed by atoms with Gasteiger partial charge in [0.1, 0.15) is 18.4 Å². The van der Waals surface area contributed by atoms with Crippen LogP contribution in [0.5, 0.6) is 5.75 Å². The Morgan fingerprint density at radius 3 is 2.34 bits per heavy atom. The second-order valence-corrected chi connectivity index (χ2v) is 9.50. The molecule has 2 rings (SSSR count). The number of carbonyl (C=O) groups excluding carboxylic acids is 1. The zero-order valence-electron chi connectivity index (χ0n) is 16.7. The Morgan fingerprint density at radius 1 is 1.14 bits per heavy atom. The highest BCUT2D eigenvalue weighted by molar-refractivity contribution is 7.92. The van der Waals surface area contributed by atoms with Crippen molar-refractivity contribution in [2.75, 3.05) is 23.7 Å². The van der Waals surface area contributed by atoms with Gasteiger partial charge in [0.05, 0.1) is 18.5 Å². The molecule has 2 aromatic carbocycles. The molecule has 0 aromatic heterocycles. The molecule has 2 aromatic rings. The number of carbonyl (C=O) groups is 1. The van der Waals surface area contributed by atoms with Crippen molar-refractivity contribution < 1.29 is 17.9 Å². The maximum Gasteiger partial charge on any atom is 0.243 e. The molecule has 158 valence electrons. The molecule has 0 saturated carbocycles. The van der Waals surface area contributed by atoms with E-state index >= 15 is 0 Å². The van der Waals surface area contributed by atoms with Crippen LogP contribution in [0.15, 0.2) is 36.4 Å². The summed E-state index contributed by atoms with van der Waals surface area (Å²) in [7, 11) is -3.76. The predicted molar refractivity (Wildman–Crippen MR) is 118 cm³/mol. The fourth-order valence-corrected chi connectivity index (χ4v) is 4.49. The Kier molecular flexibility index (Phi) is 7.80. The first kappa shape index (κ1) is 23.3. The normalized spacial score (nSPS) is 12.3. The lowest BCUT2D eigenvalue weighted by molar-refractivity contribution is -0.121. The van der Waals surface area contributed by atoms with E-state index in [4.69, 9.17) is 27.9 Å². The van der Waals surface area contributed by atoms with Gasteiger partial charge in [0, 0.05) is 10.0 Å². The lowest BCUT2D eigenvalue weighted by Gasteiger charge is -2.28. The molecule has 1 N–H and O–H groups in total. The van der Waals surface area contributed by atoms with Crippen molar-refractivity contribution in [1.82, 2.24) is 5.32 Å². The van der Waals surface area contributed by atoms with Crippen LogP contribution in [0.3, 0.4) is 0 Å². The summed E-state index contributed by atoms with van der Waals surface area (Å²) in [6.07, 6.45) is 1.02. The molecule has 0 aliphatic rings. The van der Waals surface area contributed by atoms with Crippen LogP contribution < -0.4 is 14.4 Å². The minimum absolute atomic E-state index is 0.222. The van der Waals surface area contributed by atoms with Crippen molar-refractivity contribution in [3.63, 3.8) is 0 Å². The number of anilines is 1. The third-order valence-corrected chi connectivity index (χ3v) is 5.87. The summed E-state index contributed by atoms with van der Waals surface area (Å²) in [5.41, 5.74) is 2.29. The van der Waals surface area contributed by atoms with Crippen molar-refractivity contribution in [3.8, 4) is 5.75 Å². The number of nitrogens with one attached hydrogen (secondary N) is 1. The van der Waals surface area contributed by atoms with Crippen LogP contribution in [0.25, 0.3) is 0 Å². The topological polar surface area (TPSA) is 75.7 Å². The van der Waals surface area contributed by atoms with E-state index in [1.807, 2.05) is 32.0 Å². The van der Waals surface area contributed by atoms with Crippen LogP contribution in [0.1, 0.15) is 18.1 Å². The van der Waals surface area contributed by atoms with Gasteiger partial charge in [-0.05, 0) is 56.2 Å². The third-order valence-electron chi connectivity index (χ3n) is 4.19. The molecular formula is C20H24Cl2N2O4S. The zero-order chi connectivity index (χ0) is 21.8. The van der Waals surface area contributed by atoms with Crippen LogP contribution in [0, 0.1) is 13.8 Å². The van der Waals surface area contributed by atoms with E-state index in [1.54, 1.807) is 0 Å². The minimum atomic E-state index is -3.76. The monoisotopic (exact) mass is 458 g/mol. The molecule has 9 heteroatoms. The highest BCUT2D eigenvalue weighted by Crippen LogP contribution is 2.28. The number of aryl methyl sites for hydroxylation is 2. The summed E-state index contributed by atoms with van der Waals surface area (Å²) in [5, 5.41) is 3.25. The molecule has 6 nitrogen and oxygen atoms in total. The van der Waals surface area contributed by atoms with E-state index in [0.717, 1.165) is 27.4 Å². The van der Waals surface area contributed by atoms with Crippen molar-refractivity contribution >= 4 is 44.8 Å². The molecule has 0 unspecified atom stereocenters. The molecule has 0 radical (unpaired) electrons. The number of rotatable bonds is 8. The first-order valence-corrected chi connectivity index (χ1v) is 11.5. The number of hydrogen-bond acceptors (Lipinski definition) is 4. The third kappa shape index (κ3) is 6.52. The van der Waals surface area contributed by atoms with Gasteiger partial charge in [-0.15, -0.1) is 0 Å². The van der Waals surface area contributed by atoms with Gasteiger partial charge in [0.15, 0.2) is 0 Å². The van der Waals surface area contributed by atoms with Gasteiger partial charge >= 0.3 is 0 Å². The molecule has 1 amide bonds. The van der Waals surface area contributed by atoms with Crippen LogP contribution in [-0.4, -0.2) is 39.8 Å².